The summed E-state index contributed by atoms with van der Waals surface area (Å²) >= 11 is 0. The number of hydrogen-bond acceptors (Lipinski definition) is 4. The zero-order chi connectivity index (χ0) is 24.5. The zero-order valence-electron chi connectivity index (χ0n) is 19.9. The van der Waals surface area contributed by atoms with Gasteiger partial charge in [-0.15, -0.1) is 0 Å². The number of ether oxygens (including phenoxy) is 3. The summed E-state index contributed by atoms with van der Waals surface area (Å²) in [4.78, 5) is 12.6. The van der Waals surface area contributed by atoms with Crippen molar-refractivity contribution in [2.24, 2.45) is 0 Å². The van der Waals surface area contributed by atoms with Crippen molar-refractivity contribution in [2.75, 3.05) is 14.2 Å². The quantitative estimate of drug-likeness (QED) is 0.192. The highest BCUT2D eigenvalue weighted by Gasteiger charge is 2.09. The van der Waals surface area contributed by atoms with Crippen LogP contribution in [0.4, 0.5) is 0 Å². The Labute approximate surface area is 206 Å². The third-order valence-corrected chi connectivity index (χ3v) is 5.68. The summed E-state index contributed by atoms with van der Waals surface area (Å²) in [5, 5.41) is 0. The summed E-state index contributed by atoms with van der Waals surface area (Å²) in [7, 11) is 3.23. The number of methoxy groups -OCH3 is 2. The Balaban J connectivity index is 1.49. The number of rotatable bonds is 10. The molecule has 0 spiro atoms. The maximum Gasteiger partial charge on any atom is 0.185 e. The SMILES string of the molecule is COc1cccc(C(=O)/C=C/c2ccc(OC)c(COc3ccccc3Cc3ccccc3)c2)c1. The molecule has 0 aliphatic rings. The van der Waals surface area contributed by atoms with Crippen molar-refractivity contribution >= 4 is 11.9 Å². The molecular formula is C31H28O4. The Bertz CT molecular complexity index is 1310. The predicted molar refractivity (Wildman–Crippen MR) is 139 cm³/mol. The van der Waals surface area contributed by atoms with E-state index in [1.807, 2.05) is 60.7 Å². The minimum Gasteiger partial charge on any atom is -0.497 e. The average molecular weight is 465 g/mol. The highest BCUT2D eigenvalue weighted by Crippen LogP contribution is 2.26. The van der Waals surface area contributed by atoms with Crippen LogP contribution in [-0.4, -0.2) is 20.0 Å². The molecule has 0 bridgehead atoms. The van der Waals surface area contributed by atoms with E-state index in [1.165, 1.54) is 5.56 Å². The van der Waals surface area contributed by atoms with Crippen molar-refractivity contribution < 1.29 is 19.0 Å². The molecule has 0 saturated carbocycles. The molecule has 0 unspecified atom stereocenters. The van der Waals surface area contributed by atoms with Crippen LogP contribution in [-0.2, 0) is 13.0 Å². The first kappa shape index (κ1) is 23.8. The standard InChI is InChI=1S/C31H28O4/c1-33-28-13-8-12-25(21-28)29(32)17-15-24-16-18-30(34-2)27(20-24)22-35-31-14-7-6-11-26(31)19-23-9-4-3-5-10-23/h3-18,20-21H,19,22H2,1-2H3/b17-15+. The fraction of sp³-hybridized carbons (Fsp3) is 0.129. The smallest absolute Gasteiger partial charge is 0.185 e. The van der Waals surface area contributed by atoms with E-state index in [2.05, 4.69) is 18.2 Å². The lowest BCUT2D eigenvalue weighted by Crippen LogP contribution is -2.02. The lowest BCUT2D eigenvalue weighted by atomic mass is 10.0. The van der Waals surface area contributed by atoms with Crippen LogP contribution in [0.1, 0.15) is 32.6 Å². The van der Waals surface area contributed by atoms with E-state index in [4.69, 9.17) is 14.2 Å². The van der Waals surface area contributed by atoms with E-state index in [0.717, 1.165) is 34.6 Å². The molecule has 0 aromatic heterocycles. The molecule has 0 saturated heterocycles. The number of carbonyl (C=O) groups is 1. The predicted octanol–water partition coefficient (Wildman–Crippen LogP) is 6.77. The second kappa shape index (κ2) is 11.7. The first-order valence-corrected chi connectivity index (χ1v) is 11.4. The summed E-state index contributed by atoms with van der Waals surface area (Å²) in [6, 6.07) is 31.3. The molecule has 0 amide bonds. The number of carbonyl (C=O) groups excluding carboxylic acids is 1. The molecule has 0 atom stereocenters. The van der Waals surface area contributed by atoms with E-state index in [9.17, 15) is 4.79 Å². The van der Waals surface area contributed by atoms with Crippen LogP contribution in [0.5, 0.6) is 17.2 Å². The fourth-order valence-corrected chi connectivity index (χ4v) is 3.82. The van der Waals surface area contributed by atoms with Crippen LogP contribution < -0.4 is 14.2 Å². The molecule has 0 aliphatic carbocycles. The Morgan fingerprint density at radius 2 is 1.54 bits per heavy atom. The largest absolute Gasteiger partial charge is 0.497 e. The lowest BCUT2D eigenvalue weighted by Gasteiger charge is -2.14. The maximum absolute atomic E-state index is 12.6. The maximum atomic E-state index is 12.6. The molecule has 35 heavy (non-hydrogen) atoms. The normalized spacial score (nSPS) is 10.8. The Hall–Kier alpha value is -4.31. The number of ketones is 1. The van der Waals surface area contributed by atoms with Gasteiger partial charge < -0.3 is 14.2 Å². The molecule has 4 heteroatoms. The molecular weight excluding hydrogens is 436 g/mol. The van der Waals surface area contributed by atoms with Crippen LogP contribution in [0, 0.1) is 0 Å². The minimum atomic E-state index is -0.0904. The molecule has 176 valence electrons. The molecule has 4 nitrogen and oxygen atoms in total. The first-order chi connectivity index (χ1) is 17.2. The zero-order valence-corrected chi connectivity index (χ0v) is 19.9. The van der Waals surface area contributed by atoms with Gasteiger partial charge >= 0.3 is 0 Å². The summed E-state index contributed by atoms with van der Waals surface area (Å²) in [6.45, 7) is 0.348. The second-order valence-corrected chi connectivity index (χ2v) is 8.06. The molecule has 0 heterocycles. The highest BCUT2D eigenvalue weighted by atomic mass is 16.5. The van der Waals surface area contributed by atoms with Gasteiger partial charge in [0.25, 0.3) is 0 Å². The van der Waals surface area contributed by atoms with Gasteiger partial charge in [-0.25, -0.2) is 0 Å². The van der Waals surface area contributed by atoms with Gasteiger partial charge in [-0.2, -0.15) is 0 Å². The van der Waals surface area contributed by atoms with Gasteiger partial charge in [0.05, 0.1) is 14.2 Å². The van der Waals surface area contributed by atoms with Crippen LogP contribution in [0.2, 0.25) is 0 Å². The molecule has 0 fully saturated rings. The first-order valence-electron chi connectivity index (χ1n) is 11.4. The number of hydrogen-bond donors (Lipinski definition) is 0. The van der Waals surface area contributed by atoms with E-state index in [0.29, 0.717) is 17.9 Å². The number of para-hydroxylation sites is 1. The molecule has 0 radical (unpaired) electrons. The van der Waals surface area contributed by atoms with Gasteiger partial charge in [-0.3, -0.25) is 4.79 Å². The van der Waals surface area contributed by atoms with E-state index in [1.54, 1.807) is 44.6 Å². The van der Waals surface area contributed by atoms with Gasteiger partial charge in [0.15, 0.2) is 5.78 Å². The van der Waals surface area contributed by atoms with Crippen molar-refractivity contribution in [3.63, 3.8) is 0 Å². The van der Waals surface area contributed by atoms with E-state index >= 15 is 0 Å². The molecule has 0 aliphatic heterocycles. The Morgan fingerprint density at radius 1 is 0.743 bits per heavy atom. The van der Waals surface area contributed by atoms with Gasteiger partial charge in [0, 0.05) is 17.5 Å². The lowest BCUT2D eigenvalue weighted by molar-refractivity contribution is 0.104. The summed E-state index contributed by atoms with van der Waals surface area (Å²) in [5.41, 5.74) is 4.72. The van der Waals surface area contributed by atoms with Gasteiger partial charge in [0.2, 0.25) is 0 Å². The van der Waals surface area contributed by atoms with Crippen LogP contribution in [0.3, 0.4) is 0 Å². The van der Waals surface area contributed by atoms with Crippen molar-refractivity contribution in [1.29, 1.82) is 0 Å². The average Bonchev–Trinajstić information content (AvgIpc) is 2.92. The molecule has 4 aromatic carbocycles. The molecule has 4 aromatic rings. The number of benzene rings is 4. The Kier molecular flexibility index (Phi) is 7.97. The molecule has 4 rings (SSSR count). The minimum absolute atomic E-state index is 0.0904. The van der Waals surface area contributed by atoms with Crippen molar-refractivity contribution in [3.05, 3.63) is 131 Å². The summed E-state index contributed by atoms with van der Waals surface area (Å²) < 4.78 is 17.0. The monoisotopic (exact) mass is 464 g/mol. The Morgan fingerprint density at radius 3 is 2.34 bits per heavy atom. The van der Waals surface area contributed by atoms with E-state index in [-0.39, 0.29) is 5.78 Å². The van der Waals surface area contributed by atoms with Gasteiger partial charge in [-0.05, 0) is 53.1 Å². The van der Waals surface area contributed by atoms with E-state index < -0.39 is 0 Å². The number of allylic oxidation sites excluding steroid dienone is 1. The third-order valence-electron chi connectivity index (χ3n) is 5.68. The van der Waals surface area contributed by atoms with Crippen molar-refractivity contribution in [2.45, 2.75) is 13.0 Å². The summed E-state index contributed by atoms with van der Waals surface area (Å²) in [5.74, 6) is 2.14. The van der Waals surface area contributed by atoms with Crippen LogP contribution >= 0.6 is 0 Å². The van der Waals surface area contributed by atoms with Gasteiger partial charge in [-0.1, -0.05) is 72.8 Å². The highest BCUT2D eigenvalue weighted by molar-refractivity contribution is 6.07. The topological polar surface area (TPSA) is 44.8 Å². The van der Waals surface area contributed by atoms with Crippen LogP contribution in [0.25, 0.3) is 6.08 Å². The van der Waals surface area contributed by atoms with Gasteiger partial charge in [0.1, 0.15) is 23.9 Å². The van der Waals surface area contributed by atoms with Crippen LogP contribution in [0.15, 0.2) is 103 Å². The second-order valence-electron chi connectivity index (χ2n) is 8.06. The van der Waals surface area contributed by atoms with Crippen molar-refractivity contribution in [3.8, 4) is 17.2 Å². The van der Waals surface area contributed by atoms with Crippen molar-refractivity contribution in [1.82, 2.24) is 0 Å². The third kappa shape index (κ3) is 6.39. The fourth-order valence-electron chi connectivity index (χ4n) is 3.82. The molecule has 0 N–H and O–H groups in total. The summed E-state index contributed by atoms with van der Waals surface area (Å²) in [6.07, 6.45) is 4.16.